The summed E-state index contributed by atoms with van der Waals surface area (Å²) in [6.45, 7) is 0.0563. The van der Waals surface area contributed by atoms with Crippen molar-refractivity contribution in [2.45, 2.75) is 13.0 Å². The van der Waals surface area contributed by atoms with Crippen molar-refractivity contribution in [3.8, 4) is 0 Å². The second-order valence-corrected chi connectivity index (χ2v) is 7.31. The van der Waals surface area contributed by atoms with Gasteiger partial charge in [0.05, 0.1) is 25.6 Å². The number of rotatable bonds is 8. The van der Waals surface area contributed by atoms with Gasteiger partial charge >= 0.3 is 0 Å². The van der Waals surface area contributed by atoms with Gasteiger partial charge in [-0.2, -0.15) is 4.31 Å². The molecule has 1 heterocycles. The Morgan fingerprint density at radius 3 is 2.54 bits per heavy atom. The lowest BCUT2D eigenvalue weighted by Crippen LogP contribution is -2.41. The van der Waals surface area contributed by atoms with Crippen LogP contribution in [0.3, 0.4) is 0 Å². The van der Waals surface area contributed by atoms with Crippen LogP contribution >= 0.6 is 0 Å². The molecule has 1 aromatic heterocycles. The van der Waals surface area contributed by atoms with Crippen LogP contribution in [0, 0.1) is 5.82 Å². The molecule has 0 aliphatic rings. The second kappa shape index (κ2) is 8.07. The topological polar surface area (TPSA) is 79.6 Å². The Kier molecular flexibility index (Phi) is 6.10. The summed E-state index contributed by atoms with van der Waals surface area (Å²) in [5.41, 5.74) is 0.793. The van der Waals surface area contributed by atoms with Gasteiger partial charge in [0, 0.05) is 6.54 Å². The summed E-state index contributed by atoms with van der Waals surface area (Å²) in [6, 6.07) is 9.22. The Hall–Kier alpha value is -2.19. The molecule has 0 atom stereocenters. The number of nitrogens with zero attached hydrogens (tertiary/aromatic N) is 1. The number of carbonyl (C=O) groups excluding carboxylic acids is 1. The predicted molar refractivity (Wildman–Crippen MR) is 87.1 cm³/mol. The van der Waals surface area contributed by atoms with Gasteiger partial charge in [-0.3, -0.25) is 4.79 Å². The van der Waals surface area contributed by atoms with Crippen LogP contribution in [0.1, 0.15) is 11.3 Å². The second-order valence-electron chi connectivity index (χ2n) is 5.33. The van der Waals surface area contributed by atoms with Crippen LogP contribution in [0.2, 0.25) is 0 Å². The van der Waals surface area contributed by atoms with Crippen molar-refractivity contribution in [3.05, 3.63) is 59.8 Å². The standard InChI is InChI=1S/C16H19FN2O4S/c1-24(21,22)19(9-8-13-4-6-14(17)7-5-13)12-16(20)18-11-15-3-2-10-23-15/h2-7,10H,8-9,11-12H2,1H3,(H,18,20). The zero-order chi connectivity index (χ0) is 17.6. The summed E-state index contributed by atoms with van der Waals surface area (Å²) in [6.07, 6.45) is 2.93. The molecule has 1 aromatic carbocycles. The SMILES string of the molecule is CS(=O)(=O)N(CCc1ccc(F)cc1)CC(=O)NCc1ccco1. The molecule has 0 fully saturated rings. The molecule has 0 aliphatic heterocycles. The molecule has 1 N–H and O–H groups in total. The number of benzene rings is 1. The quantitative estimate of drug-likeness (QED) is 0.780. The molecule has 0 saturated heterocycles. The minimum atomic E-state index is -3.54. The fourth-order valence-electron chi connectivity index (χ4n) is 2.08. The first-order valence-electron chi connectivity index (χ1n) is 7.33. The van der Waals surface area contributed by atoms with Gasteiger partial charge in [-0.05, 0) is 36.2 Å². The van der Waals surface area contributed by atoms with E-state index < -0.39 is 15.9 Å². The third-order valence-electron chi connectivity index (χ3n) is 3.39. The van der Waals surface area contributed by atoms with Crippen molar-refractivity contribution >= 4 is 15.9 Å². The highest BCUT2D eigenvalue weighted by atomic mass is 32.2. The molecule has 2 aromatic rings. The van der Waals surface area contributed by atoms with E-state index in [-0.39, 0.29) is 25.5 Å². The lowest BCUT2D eigenvalue weighted by atomic mass is 10.1. The lowest BCUT2D eigenvalue weighted by molar-refractivity contribution is -0.121. The van der Waals surface area contributed by atoms with Gasteiger partial charge in [0.15, 0.2) is 0 Å². The van der Waals surface area contributed by atoms with Crippen molar-refractivity contribution < 1.29 is 22.0 Å². The van der Waals surface area contributed by atoms with Gasteiger partial charge in [-0.15, -0.1) is 0 Å². The van der Waals surface area contributed by atoms with Gasteiger partial charge in [-0.25, -0.2) is 12.8 Å². The Morgan fingerprint density at radius 1 is 1.25 bits per heavy atom. The van der Waals surface area contributed by atoms with E-state index in [1.165, 1.54) is 18.4 Å². The summed E-state index contributed by atoms with van der Waals surface area (Å²) in [7, 11) is -3.54. The van der Waals surface area contributed by atoms with Crippen LogP contribution in [-0.4, -0.2) is 38.0 Å². The molecular weight excluding hydrogens is 335 g/mol. The van der Waals surface area contributed by atoms with Crippen molar-refractivity contribution in [3.63, 3.8) is 0 Å². The van der Waals surface area contributed by atoms with Gasteiger partial charge in [0.1, 0.15) is 11.6 Å². The average Bonchev–Trinajstić information content (AvgIpc) is 3.03. The van der Waals surface area contributed by atoms with E-state index in [0.717, 1.165) is 16.1 Å². The normalized spacial score (nSPS) is 11.6. The average molecular weight is 354 g/mol. The van der Waals surface area contributed by atoms with Crippen LogP contribution in [0.4, 0.5) is 4.39 Å². The van der Waals surface area contributed by atoms with Crippen molar-refractivity contribution in [1.29, 1.82) is 0 Å². The fraction of sp³-hybridized carbons (Fsp3) is 0.312. The minimum absolute atomic E-state index is 0.138. The third-order valence-corrected chi connectivity index (χ3v) is 4.64. The first-order chi connectivity index (χ1) is 11.3. The first kappa shape index (κ1) is 18.2. The highest BCUT2D eigenvalue weighted by Gasteiger charge is 2.20. The zero-order valence-electron chi connectivity index (χ0n) is 13.2. The smallest absolute Gasteiger partial charge is 0.235 e. The van der Waals surface area contributed by atoms with Crippen molar-refractivity contribution in [2.75, 3.05) is 19.3 Å². The van der Waals surface area contributed by atoms with Gasteiger partial charge < -0.3 is 9.73 Å². The Balaban J connectivity index is 1.90. The maximum Gasteiger partial charge on any atom is 0.235 e. The molecule has 2 rings (SSSR count). The first-order valence-corrected chi connectivity index (χ1v) is 9.18. The highest BCUT2D eigenvalue weighted by Crippen LogP contribution is 2.07. The number of hydrogen-bond acceptors (Lipinski definition) is 4. The maximum absolute atomic E-state index is 12.9. The fourth-order valence-corrected chi connectivity index (χ4v) is 2.86. The molecular formula is C16H19FN2O4S. The van der Waals surface area contributed by atoms with E-state index >= 15 is 0 Å². The molecule has 0 saturated carbocycles. The number of halogens is 1. The lowest BCUT2D eigenvalue weighted by Gasteiger charge is -2.19. The van der Waals surface area contributed by atoms with E-state index in [4.69, 9.17) is 4.42 Å². The van der Waals surface area contributed by atoms with Gasteiger partial charge in [0.25, 0.3) is 0 Å². The summed E-state index contributed by atoms with van der Waals surface area (Å²) in [5, 5.41) is 2.60. The molecule has 24 heavy (non-hydrogen) atoms. The van der Waals surface area contributed by atoms with Crippen LogP contribution in [0.5, 0.6) is 0 Å². The summed E-state index contributed by atoms with van der Waals surface area (Å²) in [5.74, 6) is -0.187. The van der Waals surface area contributed by atoms with E-state index in [2.05, 4.69) is 5.32 Å². The highest BCUT2D eigenvalue weighted by molar-refractivity contribution is 7.88. The number of sulfonamides is 1. The van der Waals surface area contributed by atoms with Crippen molar-refractivity contribution in [1.82, 2.24) is 9.62 Å². The molecule has 130 valence electrons. The van der Waals surface area contributed by atoms with E-state index in [9.17, 15) is 17.6 Å². The molecule has 0 bridgehead atoms. The number of furan rings is 1. The number of amides is 1. The minimum Gasteiger partial charge on any atom is -0.467 e. The number of nitrogens with one attached hydrogen (secondary N) is 1. The third kappa shape index (κ3) is 5.78. The Labute approximate surface area is 140 Å². The molecule has 0 radical (unpaired) electrons. The zero-order valence-corrected chi connectivity index (χ0v) is 14.1. The number of hydrogen-bond donors (Lipinski definition) is 1. The van der Waals surface area contributed by atoms with Crippen LogP contribution in [-0.2, 0) is 27.8 Å². The molecule has 0 unspecified atom stereocenters. The van der Waals surface area contributed by atoms with Crippen LogP contribution in [0.25, 0.3) is 0 Å². The number of carbonyl (C=O) groups is 1. The largest absolute Gasteiger partial charge is 0.467 e. The van der Waals surface area contributed by atoms with Gasteiger partial charge in [-0.1, -0.05) is 12.1 Å². The molecule has 8 heteroatoms. The monoisotopic (exact) mass is 354 g/mol. The van der Waals surface area contributed by atoms with E-state index in [0.29, 0.717) is 12.2 Å². The Bertz CT molecular complexity index is 758. The Morgan fingerprint density at radius 2 is 1.96 bits per heavy atom. The maximum atomic E-state index is 12.9. The van der Waals surface area contributed by atoms with E-state index in [1.54, 1.807) is 24.3 Å². The van der Waals surface area contributed by atoms with Gasteiger partial charge in [0.2, 0.25) is 15.9 Å². The molecule has 6 nitrogen and oxygen atoms in total. The summed E-state index contributed by atoms with van der Waals surface area (Å²) >= 11 is 0. The summed E-state index contributed by atoms with van der Waals surface area (Å²) < 4.78 is 42.8. The van der Waals surface area contributed by atoms with Crippen molar-refractivity contribution in [2.24, 2.45) is 0 Å². The molecule has 0 aliphatic carbocycles. The predicted octanol–water partition coefficient (Wildman–Crippen LogP) is 1.54. The van der Waals surface area contributed by atoms with Crippen LogP contribution < -0.4 is 5.32 Å². The molecule has 0 spiro atoms. The van der Waals surface area contributed by atoms with E-state index in [1.807, 2.05) is 0 Å². The summed E-state index contributed by atoms with van der Waals surface area (Å²) in [4.78, 5) is 11.9. The molecule has 1 amide bonds. The van der Waals surface area contributed by atoms with Crippen LogP contribution in [0.15, 0.2) is 47.1 Å².